The third-order valence-corrected chi connectivity index (χ3v) is 3.49. The molecular formula is C2HF2NaO6S2. The molecule has 0 aromatic carbocycles. The van der Waals surface area contributed by atoms with Crippen LogP contribution >= 0.6 is 0 Å². The van der Waals surface area contributed by atoms with Gasteiger partial charge in [0.1, 0.15) is 0 Å². The Kier molecular flexibility index (Phi) is 5.60. The molecule has 0 aromatic rings. The van der Waals surface area contributed by atoms with Gasteiger partial charge in [-0.05, 0) is 0 Å². The van der Waals surface area contributed by atoms with Crippen molar-refractivity contribution in [2.45, 2.75) is 4.58 Å². The van der Waals surface area contributed by atoms with Crippen LogP contribution in [0.25, 0.3) is 0 Å². The van der Waals surface area contributed by atoms with Gasteiger partial charge in [-0.2, -0.15) is 16.8 Å². The minimum Gasteiger partial charge on any atom is -0.547 e. The summed E-state index contributed by atoms with van der Waals surface area (Å²) >= 11 is 0. The van der Waals surface area contributed by atoms with Crippen molar-refractivity contribution in [2.24, 2.45) is 0 Å². The maximum Gasteiger partial charge on any atom is 1.00 e. The van der Waals surface area contributed by atoms with Crippen LogP contribution in [0.3, 0.4) is 0 Å². The molecule has 0 saturated heterocycles. The molecule has 13 heavy (non-hydrogen) atoms. The molecule has 0 aliphatic heterocycles. The normalized spacial score (nSPS) is 12.2. The topological polar surface area (TPSA) is 108 Å². The Morgan fingerprint density at radius 1 is 1.08 bits per heavy atom. The summed E-state index contributed by atoms with van der Waals surface area (Å²) in [6.07, 6.45) is 0. The van der Waals surface area contributed by atoms with Crippen molar-refractivity contribution < 1.29 is 64.1 Å². The van der Waals surface area contributed by atoms with Gasteiger partial charge in [-0.15, -0.1) is 7.77 Å². The van der Waals surface area contributed by atoms with Crippen LogP contribution in [0, 0.1) is 0 Å². The molecule has 0 bridgehead atoms. The molecule has 0 heterocycles. The molecule has 0 aromatic heterocycles. The zero-order valence-electron chi connectivity index (χ0n) is 6.10. The van der Waals surface area contributed by atoms with Crippen LogP contribution in [0.1, 0.15) is 0 Å². The molecule has 6 nitrogen and oxygen atoms in total. The first-order chi connectivity index (χ1) is 5.07. The quantitative estimate of drug-likeness (QED) is 0.363. The molecule has 0 aliphatic carbocycles. The average molecular weight is 246 g/mol. The molecule has 0 amide bonds. The molecule has 0 atom stereocenters. The Hall–Kier alpha value is 0.230. The molecule has 0 rings (SSSR count). The van der Waals surface area contributed by atoms with E-state index < -0.39 is 31.0 Å². The molecule has 0 aliphatic rings. The molecule has 11 heteroatoms. The Bertz CT molecular complexity index is 351. The Morgan fingerprint density at radius 3 is 1.31 bits per heavy atom. The zero-order chi connectivity index (χ0) is 10.2. The number of hydrogen-bond donors (Lipinski definition) is 0. The third kappa shape index (κ3) is 4.86. The molecule has 0 fully saturated rings. The minimum atomic E-state index is -6.05. The fourth-order valence-corrected chi connectivity index (χ4v) is 1.93. The summed E-state index contributed by atoms with van der Waals surface area (Å²) in [5.74, 6) is -2.87. The number of halogens is 2. The number of carbonyl (C=O) groups excluding carboxylic acids is 1. The summed E-state index contributed by atoms with van der Waals surface area (Å²) in [5.41, 5.74) is 0. The summed E-state index contributed by atoms with van der Waals surface area (Å²) in [5, 5.41) is 9.64. The summed E-state index contributed by atoms with van der Waals surface area (Å²) in [6, 6.07) is 0. The number of aliphatic carboxylic acids is 1. The first-order valence-electron chi connectivity index (χ1n) is 2.14. The van der Waals surface area contributed by atoms with E-state index in [2.05, 4.69) is 0 Å². The maximum atomic E-state index is 11.7. The molecule has 0 spiro atoms. The third-order valence-electron chi connectivity index (χ3n) is 0.704. The molecule has 0 radical (unpaired) electrons. The number of carboxylic acid groups (broad SMARTS) is 1. The maximum absolute atomic E-state index is 11.7. The summed E-state index contributed by atoms with van der Waals surface area (Å²) in [4.78, 5) is 9.64. The van der Waals surface area contributed by atoms with Crippen LogP contribution in [-0.4, -0.2) is 27.4 Å². The second kappa shape index (κ2) is 4.64. The van der Waals surface area contributed by atoms with E-state index in [1.807, 2.05) is 0 Å². The molecule has 72 valence electrons. The number of rotatable bonds is 3. The van der Waals surface area contributed by atoms with Crippen LogP contribution < -0.4 is 34.7 Å². The average Bonchev–Trinajstić information content (AvgIpc) is 1.49. The van der Waals surface area contributed by atoms with Crippen molar-refractivity contribution in [2.75, 3.05) is 0 Å². The van der Waals surface area contributed by atoms with E-state index in [9.17, 15) is 34.5 Å². The van der Waals surface area contributed by atoms with Crippen molar-refractivity contribution >= 4 is 26.4 Å². The van der Waals surface area contributed by atoms with Gasteiger partial charge in [-0.1, -0.05) is 0 Å². The van der Waals surface area contributed by atoms with Crippen molar-refractivity contribution in [1.29, 1.82) is 0 Å². The Balaban J connectivity index is 0. The summed E-state index contributed by atoms with van der Waals surface area (Å²) in [6.45, 7) is 0. The number of carbonyl (C=O) groups is 1. The van der Waals surface area contributed by atoms with Gasteiger partial charge >= 0.3 is 50.0 Å². The number of hydrogen-bond acceptors (Lipinski definition) is 6. The second-order valence-electron chi connectivity index (χ2n) is 1.60. The van der Waals surface area contributed by atoms with E-state index >= 15 is 0 Å². The molecule has 0 unspecified atom stereocenters. The first-order valence-corrected chi connectivity index (χ1v) is 5.04. The van der Waals surface area contributed by atoms with Crippen molar-refractivity contribution in [3.05, 3.63) is 0 Å². The van der Waals surface area contributed by atoms with Gasteiger partial charge in [-0.3, -0.25) is 0 Å². The van der Waals surface area contributed by atoms with Crippen molar-refractivity contribution in [3.8, 4) is 0 Å². The van der Waals surface area contributed by atoms with Gasteiger partial charge in [0.25, 0.3) is 4.58 Å². The van der Waals surface area contributed by atoms with E-state index in [1.165, 1.54) is 0 Å². The van der Waals surface area contributed by atoms with Crippen molar-refractivity contribution in [3.63, 3.8) is 0 Å². The van der Waals surface area contributed by atoms with Crippen molar-refractivity contribution in [1.82, 2.24) is 0 Å². The minimum absolute atomic E-state index is 0. The molecule has 0 N–H and O–H groups in total. The molecular weight excluding hydrogens is 245 g/mol. The van der Waals surface area contributed by atoms with Gasteiger partial charge in [0, 0.05) is 0 Å². The van der Waals surface area contributed by atoms with Crippen LogP contribution in [0.15, 0.2) is 0 Å². The monoisotopic (exact) mass is 246 g/mol. The predicted molar refractivity (Wildman–Crippen MR) is 28.9 cm³/mol. The largest absolute Gasteiger partial charge is 1.00 e. The van der Waals surface area contributed by atoms with Gasteiger partial charge in [-0.25, -0.2) is 0 Å². The Morgan fingerprint density at radius 2 is 1.31 bits per heavy atom. The Labute approximate surface area is 94.6 Å². The van der Waals surface area contributed by atoms with Gasteiger partial charge in [0.05, 0.1) is 5.97 Å². The number of carboxylic acids is 1. The fourth-order valence-electron chi connectivity index (χ4n) is 0.367. The summed E-state index contributed by atoms with van der Waals surface area (Å²) < 4.78 is 58.5. The van der Waals surface area contributed by atoms with Crippen LogP contribution in [0.4, 0.5) is 7.77 Å². The van der Waals surface area contributed by atoms with Gasteiger partial charge in [0.2, 0.25) is 0 Å². The van der Waals surface area contributed by atoms with E-state index in [0.717, 1.165) is 0 Å². The van der Waals surface area contributed by atoms with E-state index in [0.29, 0.717) is 0 Å². The van der Waals surface area contributed by atoms with Gasteiger partial charge in [0.15, 0.2) is 0 Å². The van der Waals surface area contributed by atoms with E-state index in [4.69, 9.17) is 0 Å². The van der Waals surface area contributed by atoms with E-state index in [1.54, 1.807) is 0 Å². The predicted octanol–water partition coefficient (Wildman–Crippen LogP) is -5.33. The standard InChI is InChI=1S/C2H2F2O6S2.Na/c3-11(7,8)2(1(5)6)12(4,9)10;/h2H,(H,5,6);/q;+1/p-1. The smallest absolute Gasteiger partial charge is 0.547 e. The molecule has 0 saturated carbocycles. The van der Waals surface area contributed by atoms with E-state index in [-0.39, 0.29) is 29.6 Å². The fraction of sp³-hybridized carbons (Fsp3) is 0.500. The van der Waals surface area contributed by atoms with Gasteiger partial charge < -0.3 is 9.90 Å². The van der Waals surface area contributed by atoms with Crippen LogP contribution in [0.2, 0.25) is 0 Å². The first kappa shape index (κ1) is 15.7. The zero-order valence-corrected chi connectivity index (χ0v) is 9.73. The SMILES string of the molecule is O=C([O-])C(S(=O)(=O)F)S(=O)(=O)F.[Na+]. The second-order valence-corrected chi connectivity index (χ2v) is 4.75. The summed E-state index contributed by atoms with van der Waals surface area (Å²) in [7, 11) is -12.1. The van der Waals surface area contributed by atoms with Crippen LogP contribution in [-0.2, 0) is 25.2 Å². The van der Waals surface area contributed by atoms with Crippen LogP contribution in [0.5, 0.6) is 0 Å².